The van der Waals surface area contributed by atoms with Crippen molar-refractivity contribution < 1.29 is 14.3 Å². The lowest BCUT2D eigenvalue weighted by Gasteiger charge is -2.38. The van der Waals surface area contributed by atoms with Crippen LogP contribution in [0.2, 0.25) is 0 Å². The Balaban J connectivity index is 1.56. The minimum absolute atomic E-state index is 0.143. The number of piperazine rings is 1. The van der Waals surface area contributed by atoms with Crippen LogP contribution in [0.15, 0.2) is 47.5 Å². The van der Waals surface area contributed by atoms with E-state index in [2.05, 4.69) is 22.8 Å². The summed E-state index contributed by atoms with van der Waals surface area (Å²) >= 11 is 1.52. The molecule has 164 valence electrons. The molecule has 0 N–H and O–H groups in total. The second-order valence-electron chi connectivity index (χ2n) is 7.82. The van der Waals surface area contributed by atoms with Gasteiger partial charge in [-0.05, 0) is 30.0 Å². The Kier molecular flexibility index (Phi) is 6.61. The van der Waals surface area contributed by atoms with Gasteiger partial charge in [-0.25, -0.2) is 0 Å². The van der Waals surface area contributed by atoms with Gasteiger partial charge in [-0.15, -0.1) is 11.3 Å². The number of amides is 2. The lowest BCUT2D eigenvalue weighted by molar-refractivity contribution is -0.137. The van der Waals surface area contributed by atoms with Crippen LogP contribution in [0.4, 0.5) is 5.69 Å². The topological polar surface area (TPSA) is 53.1 Å². The zero-order chi connectivity index (χ0) is 21.8. The van der Waals surface area contributed by atoms with Gasteiger partial charge in [-0.1, -0.05) is 38.0 Å². The summed E-state index contributed by atoms with van der Waals surface area (Å²) in [6, 6.07) is 11.9. The zero-order valence-electron chi connectivity index (χ0n) is 18.2. The molecule has 0 spiro atoms. The van der Waals surface area contributed by atoms with Crippen LogP contribution in [0.3, 0.4) is 0 Å². The smallest absolute Gasteiger partial charge is 0.277 e. The van der Waals surface area contributed by atoms with E-state index in [0.29, 0.717) is 30.9 Å². The Bertz CT molecular complexity index is 962. The Labute approximate surface area is 187 Å². The summed E-state index contributed by atoms with van der Waals surface area (Å²) < 4.78 is 5.51. The van der Waals surface area contributed by atoms with Crippen LogP contribution in [0.5, 0.6) is 5.75 Å². The van der Waals surface area contributed by atoms with E-state index in [1.807, 2.05) is 35.7 Å². The number of anilines is 1. The predicted octanol–water partition coefficient (Wildman–Crippen LogP) is 3.85. The van der Waals surface area contributed by atoms with Crippen LogP contribution in [0, 0.1) is 0 Å². The molecule has 2 amide bonds. The van der Waals surface area contributed by atoms with Crippen LogP contribution in [-0.2, 0) is 9.59 Å². The number of thiophene rings is 1. The summed E-state index contributed by atoms with van der Waals surface area (Å²) in [5.41, 5.74) is 2.21. The average molecular weight is 440 g/mol. The molecule has 1 aromatic carbocycles. The van der Waals surface area contributed by atoms with E-state index in [-0.39, 0.29) is 11.8 Å². The molecule has 0 aliphatic carbocycles. The first-order chi connectivity index (χ1) is 15.2. The van der Waals surface area contributed by atoms with Gasteiger partial charge in [0.15, 0.2) is 0 Å². The molecule has 1 fully saturated rings. The molecule has 0 bridgehead atoms. The molecule has 2 aliphatic heterocycles. The maximum atomic E-state index is 13.3. The maximum absolute atomic E-state index is 13.3. The third-order valence-corrected chi connectivity index (χ3v) is 6.81. The number of carbonyl (C=O) groups excluding carboxylic acids is 2. The third-order valence-electron chi connectivity index (χ3n) is 5.92. The monoisotopic (exact) mass is 439 g/mol. The number of hydrogen-bond donors (Lipinski definition) is 0. The number of ether oxygens (including phenoxy) is 1. The highest BCUT2D eigenvalue weighted by Gasteiger charge is 2.42. The summed E-state index contributed by atoms with van der Waals surface area (Å²) in [6.45, 7) is 5.51. The first kappa shape index (κ1) is 21.4. The van der Waals surface area contributed by atoms with E-state index in [9.17, 15) is 9.59 Å². The van der Waals surface area contributed by atoms with Crippen molar-refractivity contribution in [2.75, 3.05) is 44.7 Å². The van der Waals surface area contributed by atoms with E-state index >= 15 is 0 Å². The second kappa shape index (κ2) is 9.56. The molecule has 2 aromatic rings. The van der Waals surface area contributed by atoms with Crippen molar-refractivity contribution in [1.29, 1.82) is 0 Å². The van der Waals surface area contributed by atoms with Gasteiger partial charge in [0.25, 0.3) is 11.8 Å². The first-order valence-corrected chi connectivity index (χ1v) is 11.8. The lowest BCUT2D eigenvalue weighted by atomic mass is 10.1. The van der Waals surface area contributed by atoms with Gasteiger partial charge < -0.3 is 14.5 Å². The van der Waals surface area contributed by atoms with Crippen molar-refractivity contribution in [1.82, 2.24) is 9.80 Å². The molecular formula is C24H29N3O3S. The van der Waals surface area contributed by atoms with Crippen molar-refractivity contribution >= 4 is 34.4 Å². The number of rotatable bonds is 8. The van der Waals surface area contributed by atoms with Crippen molar-refractivity contribution in [3.05, 3.63) is 52.4 Å². The van der Waals surface area contributed by atoms with Gasteiger partial charge >= 0.3 is 0 Å². The Morgan fingerprint density at radius 3 is 2.35 bits per heavy atom. The average Bonchev–Trinajstić information content (AvgIpc) is 3.41. The zero-order valence-corrected chi connectivity index (χ0v) is 19.0. The van der Waals surface area contributed by atoms with E-state index in [1.165, 1.54) is 16.2 Å². The quantitative estimate of drug-likeness (QED) is 0.462. The lowest BCUT2D eigenvalue weighted by Crippen LogP contribution is -2.47. The molecule has 0 saturated carbocycles. The molecule has 2 aliphatic rings. The summed E-state index contributed by atoms with van der Waals surface area (Å²) in [6.07, 6.45) is 2.91. The number of methoxy groups -OCH3 is 1. The van der Waals surface area contributed by atoms with Crippen LogP contribution in [0.1, 0.15) is 31.1 Å². The summed E-state index contributed by atoms with van der Waals surface area (Å²) in [4.78, 5) is 33.3. The Morgan fingerprint density at radius 1 is 0.935 bits per heavy atom. The van der Waals surface area contributed by atoms with Gasteiger partial charge in [0, 0.05) is 37.6 Å². The molecule has 6 nitrogen and oxygen atoms in total. The highest BCUT2D eigenvalue weighted by Crippen LogP contribution is 2.35. The number of imide groups is 1. The van der Waals surface area contributed by atoms with Crippen molar-refractivity contribution in [3.63, 3.8) is 0 Å². The fraction of sp³-hybridized carbons (Fsp3) is 0.417. The largest absolute Gasteiger partial charge is 0.495 e. The van der Waals surface area contributed by atoms with Crippen LogP contribution in [-0.4, -0.2) is 61.4 Å². The molecule has 7 heteroatoms. The van der Waals surface area contributed by atoms with Crippen molar-refractivity contribution in [2.24, 2.45) is 0 Å². The van der Waals surface area contributed by atoms with E-state index < -0.39 is 0 Å². The SMILES string of the molecule is CCCCCN1C(=O)C(c2cccs2)=C(N2CCN(c3ccccc3OC)CC2)C1=O. The Morgan fingerprint density at radius 2 is 1.68 bits per heavy atom. The van der Waals surface area contributed by atoms with Crippen LogP contribution in [0.25, 0.3) is 5.57 Å². The van der Waals surface area contributed by atoms with Gasteiger partial charge in [0.05, 0.1) is 18.4 Å². The van der Waals surface area contributed by atoms with Crippen LogP contribution < -0.4 is 9.64 Å². The number of carbonyl (C=O) groups is 2. The van der Waals surface area contributed by atoms with E-state index in [1.54, 1.807) is 7.11 Å². The first-order valence-electron chi connectivity index (χ1n) is 10.9. The van der Waals surface area contributed by atoms with Gasteiger partial charge in [-0.3, -0.25) is 14.5 Å². The number of nitrogens with zero attached hydrogens (tertiary/aromatic N) is 3. The molecule has 1 saturated heterocycles. The maximum Gasteiger partial charge on any atom is 0.277 e. The standard InChI is InChI=1S/C24H29N3O3S/c1-3-4-7-12-27-23(28)21(20-11-8-17-31-20)22(24(27)29)26-15-13-25(14-16-26)18-9-5-6-10-19(18)30-2/h5-6,8-11,17H,3-4,7,12-16H2,1-2H3. The van der Waals surface area contributed by atoms with Crippen molar-refractivity contribution in [3.8, 4) is 5.75 Å². The number of para-hydroxylation sites is 2. The number of unbranched alkanes of at least 4 members (excludes halogenated alkanes) is 2. The van der Waals surface area contributed by atoms with Gasteiger partial charge in [-0.2, -0.15) is 0 Å². The molecule has 0 radical (unpaired) electrons. The summed E-state index contributed by atoms with van der Waals surface area (Å²) in [7, 11) is 1.68. The fourth-order valence-electron chi connectivity index (χ4n) is 4.28. The molecule has 1 aromatic heterocycles. The van der Waals surface area contributed by atoms with Gasteiger partial charge in [0.2, 0.25) is 0 Å². The van der Waals surface area contributed by atoms with E-state index in [4.69, 9.17) is 4.74 Å². The van der Waals surface area contributed by atoms with Gasteiger partial charge in [0.1, 0.15) is 11.4 Å². The predicted molar refractivity (Wildman–Crippen MR) is 124 cm³/mol. The highest BCUT2D eigenvalue weighted by atomic mass is 32.1. The Hall–Kier alpha value is -2.80. The molecular weight excluding hydrogens is 410 g/mol. The number of hydrogen-bond acceptors (Lipinski definition) is 6. The summed E-state index contributed by atoms with van der Waals surface area (Å²) in [5, 5.41) is 1.96. The normalized spacial score (nSPS) is 17.2. The van der Waals surface area contributed by atoms with E-state index in [0.717, 1.165) is 48.7 Å². The highest BCUT2D eigenvalue weighted by molar-refractivity contribution is 7.11. The summed E-state index contributed by atoms with van der Waals surface area (Å²) in [5.74, 6) is 0.560. The number of benzene rings is 1. The van der Waals surface area contributed by atoms with Crippen molar-refractivity contribution in [2.45, 2.75) is 26.2 Å². The molecule has 4 rings (SSSR count). The molecule has 0 atom stereocenters. The van der Waals surface area contributed by atoms with Crippen LogP contribution >= 0.6 is 11.3 Å². The molecule has 31 heavy (non-hydrogen) atoms. The molecule has 3 heterocycles. The fourth-order valence-corrected chi connectivity index (χ4v) is 5.05. The minimum Gasteiger partial charge on any atom is -0.495 e. The molecule has 0 unspecified atom stereocenters. The minimum atomic E-state index is -0.147. The third kappa shape index (κ3) is 4.19. The second-order valence-corrected chi connectivity index (χ2v) is 8.76.